The molecule has 0 aliphatic rings. The first-order valence-electron chi connectivity index (χ1n) is 7.45. The van der Waals surface area contributed by atoms with E-state index in [1.54, 1.807) is 0 Å². The highest BCUT2D eigenvalue weighted by Gasteiger charge is 1.97. The van der Waals surface area contributed by atoms with Gasteiger partial charge in [0.15, 0.2) is 0 Å². The van der Waals surface area contributed by atoms with Crippen LogP contribution in [0.25, 0.3) is 0 Å². The second-order valence-electron chi connectivity index (χ2n) is 4.61. The molecule has 0 aromatic rings. The van der Waals surface area contributed by atoms with Crippen molar-refractivity contribution in [3.8, 4) is 0 Å². The molecule has 0 saturated carbocycles. The molecule has 0 radical (unpaired) electrons. The molecule has 0 aromatic heterocycles. The maximum atomic E-state index is 10.8. The van der Waals surface area contributed by atoms with Gasteiger partial charge in [0, 0.05) is 26.2 Å². The lowest BCUT2D eigenvalue weighted by molar-refractivity contribution is 0.0147. The van der Waals surface area contributed by atoms with Crippen LogP contribution in [0.4, 0.5) is 0 Å². The highest BCUT2D eigenvalue weighted by molar-refractivity contribution is 7.88. The Hall–Kier alpha value is -0.250. The molecule has 0 atom stereocenters. The van der Waals surface area contributed by atoms with Gasteiger partial charge in [0.25, 0.3) is 0 Å². The van der Waals surface area contributed by atoms with Crippen LogP contribution in [0.5, 0.6) is 0 Å². The molecule has 21 heavy (non-hydrogen) atoms. The average Bonchev–Trinajstić information content (AvgIpc) is 2.42. The second-order valence-corrected chi connectivity index (χ2v) is 6.44. The van der Waals surface area contributed by atoms with Crippen LogP contribution in [0.2, 0.25) is 0 Å². The third-order valence-corrected chi connectivity index (χ3v) is 3.20. The summed E-state index contributed by atoms with van der Waals surface area (Å²) in [6.07, 6.45) is 3.38. The third-order valence-electron chi connectivity index (χ3n) is 2.48. The SMILES string of the molecule is CCCCOCCOCCOCCNCCNS(C)(=O)=O. The van der Waals surface area contributed by atoms with Gasteiger partial charge in [-0.05, 0) is 6.42 Å². The summed E-state index contributed by atoms with van der Waals surface area (Å²) in [7, 11) is -3.09. The van der Waals surface area contributed by atoms with Crippen molar-refractivity contribution in [1.29, 1.82) is 0 Å². The molecule has 0 heterocycles. The molecular formula is C13H30N2O5S. The fourth-order valence-electron chi connectivity index (χ4n) is 1.38. The Morgan fingerprint density at radius 2 is 1.38 bits per heavy atom. The van der Waals surface area contributed by atoms with Crippen molar-refractivity contribution < 1.29 is 22.6 Å². The van der Waals surface area contributed by atoms with Crippen molar-refractivity contribution >= 4 is 10.0 Å². The number of sulfonamides is 1. The first-order valence-corrected chi connectivity index (χ1v) is 9.34. The lowest BCUT2D eigenvalue weighted by Crippen LogP contribution is -2.32. The summed E-state index contributed by atoms with van der Waals surface area (Å²) in [4.78, 5) is 0. The molecule has 128 valence electrons. The minimum Gasteiger partial charge on any atom is -0.379 e. The zero-order chi connectivity index (χ0) is 15.8. The molecule has 0 rings (SSSR count). The van der Waals surface area contributed by atoms with Gasteiger partial charge in [-0.1, -0.05) is 13.3 Å². The minimum atomic E-state index is -3.09. The van der Waals surface area contributed by atoms with Gasteiger partial charge in [-0.25, -0.2) is 13.1 Å². The van der Waals surface area contributed by atoms with E-state index in [2.05, 4.69) is 17.0 Å². The molecule has 0 unspecified atom stereocenters. The quantitative estimate of drug-likeness (QED) is 0.388. The second kappa shape index (κ2) is 14.7. The molecule has 2 N–H and O–H groups in total. The smallest absolute Gasteiger partial charge is 0.208 e. The molecule has 8 heteroatoms. The molecule has 0 aliphatic carbocycles. The van der Waals surface area contributed by atoms with E-state index in [0.29, 0.717) is 52.7 Å². The standard InChI is InChI=1S/C13H30N2O5S/c1-3-4-8-18-10-12-20-13-11-19-9-7-14-5-6-15-21(2,16)17/h14-15H,3-13H2,1-2H3. The number of hydrogen-bond acceptors (Lipinski definition) is 6. The van der Waals surface area contributed by atoms with E-state index in [0.717, 1.165) is 25.7 Å². The van der Waals surface area contributed by atoms with Gasteiger partial charge in [-0.3, -0.25) is 0 Å². The summed E-state index contributed by atoms with van der Waals surface area (Å²) in [5.41, 5.74) is 0. The molecule has 7 nitrogen and oxygen atoms in total. The molecule has 0 aromatic carbocycles. The van der Waals surface area contributed by atoms with Crippen molar-refractivity contribution in [3.63, 3.8) is 0 Å². The molecule has 0 saturated heterocycles. The van der Waals surface area contributed by atoms with Crippen LogP contribution in [0.15, 0.2) is 0 Å². The summed E-state index contributed by atoms with van der Waals surface area (Å²) in [5.74, 6) is 0. The number of hydrogen-bond donors (Lipinski definition) is 2. The number of ether oxygens (including phenoxy) is 3. The van der Waals surface area contributed by atoms with E-state index in [-0.39, 0.29) is 0 Å². The molecular weight excluding hydrogens is 296 g/mol. The molecule has 0 spiro atoms. The van der Waals surface area contributed by atoms with E-state index in [1.165, 1.54) is 0 Å². The van der Waals surface area contributed by atoms with E-state index in [9.17, 15) is 8.42 Å². The third kappa shape index (κ3) is 19.8. The topological polar surface area (TPSA) is 85.9 Å². The van der Waals surface area contributed by atoms with Gasteiger partial charge in [0.05, 0.1) is 39.3 Å². The van der Waals surface area contributed by atoms with Crippen LogP contribution in [0.3, 0.4) is 0 Å². The van der Waals surface area contributed by atoms with Crippen LogP contribution >= 0.6 is 0 Å². The predicted octanol–water partition coefficient (Wildman–Crippen LogP) is -0.0249. The Labute approximate surface area is 128 Å². The number of nitrogens with one attached hydrogen (secondary N) is 2. The first kappa shape index (κ1) is 20.8. The Balaban J connectivity index is 3.03. The zero-order valence-electron chi connectivity index (χ0n) is 13.2. The average molecular weight is 326 g/mol. The maximum Gasteiger partial charge on any atom is 0.208 e. The monoisotopic (exact) mass is 326 g/mol. The van der Waals surface area contributed by atoms with Crippen LogP contribution in [0, 0.1) is 0 Å². The maximum absolute atomic E-state index is 10.8. The summed E-state index contributed by atoms with van der Waals surface area (Å²) in [6.45, 7) is 7.52. The van der Waals surface area contributed by atoms with Crippen molar-refractivity contribution in [2.45, 2.75) is 19.8 Å². The van der Waals surface area contributed by atoms with Gasteiger partial charge in [-0.2, -0.15) is 0 Å². The summed E-state index contributed by atoms with van der Waals surface area (Å²) >= 11 is 0. The van der Waals surface area contributed by atoms with Crippen LogP contribution in [-0.4, -0.2) is 73.9 Å². The van der Waals surface area contributed by atoms with Gasteiger partial charge in [0.2, 0.25) is 10.0 Å². The Kier molecular flexibility index (Phi) is 14.5. The van der Waals surface area contributed by atoms with Crippen LogP contribution in [-0.2, 0) is 24.2 Å². The Morgan fingerprint density at radius 1 is 0.810 bits per heavy atom. The Morgan fingerprint density at radius 3 is 1.95 bits per heavy atom. The lowest BCUT2D eigenvalue weighted by Gasteiger charge is -2.07. The lowest BCUT2D eigenvalue weighted by atomic mass is 10.4. The van der Waals surface area contributed by atoms with Crippen molar-refractivity contribution in [2.24, 2.45) is 0 Å². The number of rotatable bonds is 16. The summed E-state index contributed by atoms with van der Waals surface area (Å²) < 4.78 is 40.0. The summed E-state index contributed by atoms with van der Waals surface area (Å²) in [5, 5.41) is 3.08. The Bertz CT molecular complexity index is 312. The fraction of sp³-hybridized carbons (Fsp3) is 1.00. The summed E-state index contributed by atoms with van der Waals surface area (Å²) in [6, 6.07) is 0. The van der Waals surface area contributed by atoms with Gasteiger partial charge >= 0.3 is 0 Å². The first-order chi connectivity index (χ1) is 10.1. The molecule has 0 bridgehead atoms. The molecule has 0 amide bonds. The van der Waals surface area contributed by atoms with Gasteiger partial charge < -0.3 is 19.5 Å². The van der Waals surface area contributed by atoms with Gasteiger partial charge in [0.1, 0.15) is 0 Å². The van der Waals surface area contributed by atoms with E-state index in [1.807, 2.05) is 0 Å². The van der Waals surface area contributed by atoms with Crippen LogP contribution < -0.4 is 10.0 Å². The van der Waals surface area contributed by atoms with Crippen molar-refractivity contribution in [1.82, 2.24) is 10.0 Å². The highest BCUT2D eigenvalue weighted by atomic mass is 32.2. The van der Waals surface area contributed by atoms with Gasteiger partial charge in [-0.15, -0.1) is 0 Å². The predicted molar refractivity (Wildman–Crippen MR) is 83.1 cm³/mol. The van der Waals surface area contributed by atoms with E-state index >= 15 is 0 Å². The zero-order valence-corrected chi connectivity index (χ0v) is 14.0. The normalized spacial score (nSPS) is 11.9. The fourth-order valence-corrected chi connectivity index (χ4v) is 1.86. The van der Waals surface area contributed by atoms with E-state index < -0.39 is 10.0 Å². The van der Waals surface area contributed by atoms with Crippen LogP contribution in [0.1, 0.15) is 19.8 Å². The highest BCUT2D eigenvalue weighted by Crippen LogP contribution is 1.87. The van der Waals surface area contributed by atoms with Crippen molar-refractivity contribution in [3.05, 3.63) is 0 Å². The minimum absolute atomic E-state index is 0.389. The largest absolute Gasteiger partial charge is 0.379 e. The molecule has 0 fully saturated rings. The number of unbranched alkanes of at least 4 members (excludes halogenated alkanes) is 1. The van der Waals surface area contributed by atoms with Crippen molar-refractivity contribution in [2.75, 3.05) is 65.5 Å². The molecule has 0 aliphatic heterocycles. The van der Waals surface area contributed by atoms with E-state index in [4.69, 9.17) is 14.2 Å².